The molecule has 10 N–H and O–H groups in total. The summed E-state index contributed by atoms with van der Waals surface area (Å²) >= 11 is 0. The minimum Gasteiger partial charge on any atom is -0.481 e. The zero-order chi connectivity index (χ0) is 35.7. The zero-order valence-corrected chi connectivity index (χ0v) is 26.8. The third-order valence-corrected chi connectivity index (χ3v) is 6.94. The Labute approximate surface area is 270 Å². The van der Waals surface area contributed by atoms with Gasteiger partial charge in [0, 0.05) is 19.3 Å². The number of hydrogen-bond acceptors (Lipinski definition) is 10. The van der Waals surface area contributed by atoms with Gasteiger partial charge in [-0.15, -0.1) is 0 Å². The van der Waals surface area contributed by atoms with Crippen LogP contribution in [0, 0.1) is 5.92 Å². The topological polar surface area (TPSA) is 301 Å². The largest absolute Gasteiger partial charge is 0.481 e. The minimum atomic E-state index is -4.97. The number of carboxylic acid groups (broad SMARTS) is 2. The maximum Gasteiger partial charge on any atom is 0.469 e. The van der Waals surface area contributed by atoms with E-state index in [4.69, 9.17) is 20.6 Å². The van der Waals surface area contributed by atoms with Gasteiger partial charge < -0.3 is 51.8 Å². The Hall–Kier alpha value is -4.22. The number of phosphoric acid groups is 1. The van der Waals surface area contributed by atoms with Crippen LogP contribution in [-0.2, 0) is 49.1 Å². The normalized spacial score (nSPS) is 14.5. The monoisotopic (exact) mass is 687 g/mol. The molecule has 47 heavy (non-hydrogen) atoms. The molecule has 0 bridgehead atoms. The molecule has 0 aromatic heterocycles. The molecule has 262 valence electrons. The molecule has 0 spiro atoms. The van der Waals surface area contributed by atoms with Crippen LogP contribution < -0.4 is 27.0 Å². The Bertz CT molecular complexity index is 1290. The van der Waals surface area contributed by atoms with Crippen molar-refractivity contribution in [2.45, 2.75) is 82.6 Å². The lowest BCUT2D eigenvalue weighted by Crippen LogP contribution is -2.59. The van der Waals surface area contributed by atoms with E-state index in [1.54, 1.807) is 44.2 Å². The first-order valence-corrected chi connectivity index (χ1v) is 16.0. The zero-order valence-electron chi connectivity index (χ0n) is 25.9. The van der Waals surface area contributed by atoms with E-state index in [1.165, 1.54) is 0 Å². The number of rotatable bonds is 22. The molecule has 1 aromatic rings. The number of amides is 4. The van der Waals surface area contributed by atoms with Crippen molar-refractivity contribution in [3.8, 4) is 0 Å². The van der Waals surface area contributed by atoms with Crippen LogP contribution in [-0.4, -0.2) is 98.7 Å². The molecule has 1 aromatic carbocycles. The van der Waals surface area contributed by atoms with Gasteiger partial charge in [-0.05, 0) is 30.7 Å². The maximum atomic E-state index is 13.5. The predicted octanol–water partition coefficient (Wildman–Crippen LogP) is -1.42. The van der Waals surface area contributed by atoms with Gasteiger partial charge in [0.25, 0.3) is 0 Å². The number of aliphatic carboxylic acids is 2. The van der Waals surface area contributed by atoms with Crippen LogP contribution in [0.15, 0.2) is 30.3 Å². The smallest absolute Gasteiger partial charge is 0.469 e. The molecular weight excluding hydrogens is 645 g/mol. The number of nitrogens with one attached hydrogen (secondary N) is 4. The third kappa shape index (κ3) is 17.3. The summed E-state index contributed by atoms with van der Waals surface area (Å²) in [5.41, 5.74) is 6.20. The minimum absolute atomic E-state index is 0.00523. The van der Waals surface area contributed by atoms with Gasteiger partial charge in [0.05, 0.1) is 12.6 Å². The summed E-state index contributed by atoms with van der Waals surface area (Å²) in [6.07, 6.45) is -1.47. The van der Waals surface area contributed by atoms with Crippen molar-refractivity contribution >= 4 is 49.7 Å². The molecule has 0 saturated heterocycles. The third-order valence-electron chi connectivity index (χ3n) is 6.45. The SMILES string of the molecule is CC(C)C[C@@H](C=O)NC(=O)[C@H](CCC(=O)O)NC(=O)[C@H](CCC(=O)O)NC(=O)[C@H](Cc1ccccc1)NC(=O)[C@@H](N)COP(=O)(O)O. The van der Waals surface area contributed by atoms with Gasteiger partial charge in [-0.2, -0.15) is 0 Å². The Balaban J connectivity index is 3.26. The second-order valence-electron chi connectivity index (χ2n) is 11.0. The van der Waals surface area contributed by atoms with E-state index in [0.29, 0.717) is 11.8 Å². The van der Waals surface area contributed by atoms with Gasteiger partial charge >= 0.3 is 19.8 Å². The van der Waals surface area contributed by atoms with Crippen LogP contribution in [0.25, 0.3) is 0 Å². The second kappa shape index (κ2) is 20.1. The fourth-order valence-corrected chi connectivity index (χ4v) is 4.50. The lowest BCUT2D eigenvalue weighted by atomic mass is 10.0. The fraction of sp³-hybridized carbons (Fsp3) is 0.536. The molecule has 0 fully saturated rings. The number of carbonyl (C=O) groups excluding carboxylic acids is 5. The van der Waals surface area contributed by atoms with Gasteiger partial charge in [-0.3, -0.25) is 33.3 Å². The molecule has 4 amide bonds. The number of phosphoric ester groups is 1. The molecule has 0 saturated carbocycles. The van der Waals surface area contributed by atoms with Gasteiger partial charge in [-0.1, -0.05) is 44.2 Å². The molecule has 0 aliphatic carbocycles. The van der Waals surface area contributed by atoms with Crippen molar-refractivity contribution in [2.75, 3.05) is 6.61 Å². The summed E-state index contributed by atoms with van der Waals surface area (Å²) in [5, 5.41) is 27.8. The van der Waals surface area contributed by atoms with E-state index in [1.807, 2.05) is 0 Å². The number of hydrogen-bond donors (Lipinski definition) is 9. The van der Waals surface area contributed by atoms with Crippen molar-refractivity contribution < 1.29 is 62.7 Å². The summed E-state index contributed by atoms with van der Waals surface area (Å²) in [7, 11) is -4.97. The molecule has 0 radical (unpaired) electrons. The summed E-state index contributed by atoms with van der Waals surface area (Å²) in [4.78, 5) is 104. The van der Waals surface area contributed by atoms with Crippen LogP contribution in [0.4, 0.5) is 0 Å². The van der Waals surface area contributed by atoms with E-state index >= 15 is 0 Å². The Kier molecular flexibility index (Phi) is 17.5. The maximum absolute atomic E-state index is 13.5. The molecule has 18 nitrogen and oxygen atoms in total. The van der Waals surface area contributed by atoms with E-state index in [-0.39, 0.29) is 18.8 Å². The highest BCUT2D eigenvalue weighted by Gasteiger charge is 2.32. The molecular formula is C28H42N5O13P. The summed E-state index contributed by atoms with van der Waals surface area (Å²) < 4.78 is 15.2. The number of aldehydes is 1. The second-order valence-corrected chi connectivity index (χ2v) is 12.3. The van der Waals surface area contributed by atoms with Gasteiger partial charge in [0.15, 0.2) is 0 Å². The lowest BCUT2D eigenvalue weighted by Gasteiger charge is -2.26. The highest BCUT2D eigenvalue weighted by atomic mass is 31.2. The number of benzene rings is 1. The number of nitrogens with two attached hydrogens (primary N) is 1. The highest BCUT2D eigenvalue weighted by molar-refractivity contribution is 7.46. The van der Waals surface area contributed by atoms with E-state index in [9.17, 15) is 43.2 Å². The first kappa shape index (κ1) is 40.8. The number of carbonyl (C=O) groups is 7. The van der Waals surface area contributed by atoms with Crippen LogP contribution in [0.1, 0.15) is 51.5 Å². The summed E-state index contributed by atoms with van der Waals surface area (Å²) in [5.74, 6) is -6.56. The molecule has 5 atom stereocenters. The molecule has 19 heteroatoms. The molecule has 0 aliphatic heterocycles. The van der Waals surface area contributed by atoms with Gasteiger partial charge in [0.1, 0.15) is 30.5 Å². The first-order valence-electron chi connectivity index (χ1n) is 14.5. The Morgan fingerprint density at radius 3 is 1.72 bits per heavy atom. The van der Waals surface area contributed by atoms with E-state index in [2.05, 4.69) is 25.8 Å². The highest BCUT2D eigenvalue weighted by Crippen LogP contribution is 2.35. The molecule has 0 aliphatic rings. The Morgan fingerprint density at radius 1 is 0.809 bits per heavy atom. The quantitative estimate of drug-likeness (QED) is 0.0499. The average Bonchev–Trinajstić information content (AvgIpc) is 2.98. The first-order chi connectivity index (χ1) is 21.9. The summed E-state index contributed by atoms with van der Waals surface area (Å²) in [6, 6.07) is 1.14. The standard InChI is InChI=1S/C28H42N5O13P/c1-16(2)12-18(14-34)30-26(40)20(8-10-23(35)36)31-27(41)21(9-11-24(37)38)32-28(42)22(13-17-6-4-3-5-7-17)33-25(39)19(29)15-46-47(43,44)45/h3-7,14,16,18-22H,8-13,15,29H2,1-2H3,(H,30,40)(H,31,41)(H,32,42)(H,33,39)(H,35,36)(H,37,38)(H2,43,44,45)/t18-,19-,20-,21-,22-/m0/s1. The number of carboxylic acids is 2. The predicted molar refractivity (Wildman–Crippen MR) is 163 cm³/mol. The van der Waals surface area contributed by atoms with E-state index < -0.39 is 106 Å². The Morgan fingerprint density at radius 2 is 1.28 bits per heavy atom. The van der Waals surface area contributed by atoms with Crippen molar-refractivity contribution in [1.82, 2.24) is 21.3 Å². The average molecular weight is 688 g/mol. The van der Waals surface area contributed by atoms with E-state index in [0.717, 1.165) is 0 Å². The van der Waals surface area contributed by atoms with Crippen molar-refractivity contribution in [1.29, 1.82) is 0 Å². The van der Waals surface area contributed by atoms with Crippen LogP contribution in [0.2, 0.25) is 0 Å². The van der Waals surface area contributed by atoms with Crippen LogP contribution >= 0.6 is 7.82 Å². The van der Waals surface area contributed by atoms with Gasteiger partial charge in [-0.25, -0.2) is 4.57 Å². The lowest BCUT2D eigenvalue weighted by molar-refractivity contribution is -0.140. The molecule has 1 rings (SSSR count). The van der Waals surface area contributed by atoms with Crippen LogP contribution in [0.5, 0.6) is 0 Å². The molecule has 0 unspecified atom stereocenters. The van der Waals surface area contributed by atoms with Crippen molar-refractivity contribution in [3.63, 3.8) is 0 Å². The van der Waals surface area contributed by atoms with Crippen LogP contribution in [0.3, 0.4) is 0 Å². The molecule has 0 heterocycles. The van der Waals surface area contributed by atoms with Crippen molar-refractivity contribution in [2.24, 2.45) is 11.7 Å². The van der Waals surface area contributed by atoms with Gasteiger partial charge in [0.2, 0.25) is 23.6 Å². The van der Waals surface area contributed by atoms with Crippen molar-refractivity contribution in [3.05, 3.63) is 35.9 Å². The summed E-state index contributed by atoms with van der Waals surface area (Å²) in [6.45, 7) is 2.71. The fourth-order valence-electron chi connectivity index (χ4n) is 4.15.